The van der Waals surface area contributed by atoms with Crippen LogP contribution in [0.5, 0.6) is 11.5 Å². The Kier molecular flexibility index (Phi) is 7.08. The first kappa shape index (κ1) is 20.7. The van der Waals surface area contributed by atoms with Crippen molar-refractivity contribution in [3.05, 3.63) is 48.5 Å². The zero-order valence-corrected chi connectivity index (χ0v) is 16.9. The van der Waals surface area contributed by atoms with Gasteiger partial charge in [-0.2, -0.15) is 0 Å². The molecule has 2 aromatic carbocycles. The summed E-state index contributed by atoms with van der Waals surface area (Å²) in [5.74, 6) is 1.26. The Morgan fingerprint density at radius 1 is 1.21 bits per heavy atom. The minimum absolute atomic E-state index is 0.00858. The third-order valence-electron chi connectivity index (χ3n) is 4.52. The Morgan fingerprint density at radius 3 is 2.76 bits per heavy atom. The van der Waals surface area contributed by atoms with Crippen LogP contribution in [-0.4, -0.2) is 57.1 Å². The van der Waals surface area contributed by atoms with Crippen LogP contribution in [0.25, 0.3) is 0 Å². The fourth-order valence-corrected chi connectivity index (χ4v) is 2.99. The van der Waals surface area contributed by atoms with Crippen molar-refractivity contribution >= 4 is 23.2 Å². The van der Waals surface area contributed by atoms with Crippen molar-refractivity contribution in [2.75, 3.05) is 50.6 Å². The highest BCUT2D eigenvalue weighted by molar-refractivity contribution is 5.99. The molecule has 2 amide bonds. The van der Waals surface area contributed by atoms with Crippen LogP contribution in [0, 0.1) is 0 Å². The van der Waals surface area contributed by atoms with Crippen LogP contribution in [-0.2, 0) is 9.59 Å². The number of para-hydroxylation sites is 1. The van der Waals surface area contributed by atoms with Crippen molar-refractivity contribution in [3.63, 3.8) is 0 Å². The van der Waals surface area contributed by atoms with Gasteiger partial charge in [0.25, 0.3) is 5.91 Å². The van der Waals surface area contributed by atoms with Gasteiger partial charge in [-0.25, -0.2) is 0 Å². The second kappa shape index (κ2) is 9.93. The molecule has 2 aromatic rings. The lowest BCUT2D eigenvalue weighted by Crippen LogP contribution is -2.42. The number of hydrogen-bond acceptors (Lipinski definition) is 5. The van der Waals surface area contributed by atoms with Gasteiger partial charge in [0.05, 0.1) is 12.3 Å². The van der Waals surface area contributed by atoms with Gasteiger partial charge in [0, 0.05) is 31.3 Å². The molecule has 0 spiro atoms. The average Bonchev–Trinajstić information content (AvgIpc) is 2.71. The van der Waals surface area contributed by atoms with Gasteiger partial charge in [-0.3, -0.25) is 9.59 Å². The number of benzene rings is 2. The Balaban J connectivity index is 1.51. The maximum absolute atomic E-state index is 12.2. The lowest BCUT2D eigenvalue weighted by molar-refractivity contribution is -0.121. The fourth-order valence-electron chi connectivity index (χ4n) is 2.99. The molecule has 0 fully saturated rings. The quantitative estimate of drug-likeness (QED) is 0.659. The van der Waals surface area contributed by atoms with Crippen molar-refractivity contribution in [2.24, 2.45) is 0 Å². The number of hydrogen-bond donors (Lipinski definition) is 1. The van der Waals surface area contributed by atoms with Gasteiger partial charge in [0.1, 0.15) is 11.5 Å². The first-order valence-corrected chi connectivity index (χ1v) is 9.72. The van der Waals surface area contributed by atoms with Gasteiger partial charge >= 0.3 is 0 Å². The minimum atomic E-state index is -0.0852. The van der Waals surface area contributed by atoms with Gasteiger partial charge in [-0.1, -0.05) is 18.2 Å². The van der Waals surface area contributed by atoms with Gasteiger partial charge < -0.3 is 24.6 Å². The van der Waals surface area contributed by atoms with E-state index in [-0.39, 0.29) is 18.4 Å². The maximum atomic E-state index is 12.2. The number of fused-ring (bicyclic) bond motifs is 1. The number of amides is 2. The fraction of sp³-hybridized carbons (Fsp3) is 0.364. The van der Waals surface area contributed by atoms with E-state index in [0.717, 1.165) is 18.0 Å². The van der Waals surface area contributed by atoms with Crippen LogP contribution in [0.1, 0.15) is 12.8 Å². The summed E-state index contributed by atoms with van der Waals surface area (Å²) in [5.41, 5.74) is 1.39. The summed E-state index contributed by atoms with van der Waals surface area (Å²) >= 11 is 0. The lowest BCUT2D eigenvalue weighted by atomic mass is 10.2. The van der Waals surface area contributed by atoms with Crippen molar-refractivity contribution in [1.29, 1.82) is 0 Å². The van der Waals surface area contributed by atoms with Crippen LogP contribution < -0.4 is 19.7 Å². The second-order valence-electron chi connectivity index (χ2n) is 7.13. The molecule has 0 aromatic heterocycles. The van der Waals surface area contributed by atoms with E-state index in [1.807, 2.05) is 55.4 Å². The average molecular weight is 397 g/mol. The largest absolute Gasteiger partial charge is 0.494 e. The zero-order valence-electron chi connectivity index (χ0n) is 16.9. The Labute approximate surface area is 171 Å². The number of carbonyl (C=O) groups is 2. The molecule has 7 nitrogen and oxygen atoms in total. The van der Waals surface area contributed by atoms with E-state index in [1.165, 1.54) is 0 Å². The zero-order chi connectivity index (χ0) is 20.6. The predicted octanol–water partition coefficient (Wildman–Crippen LogP) is 2.77. The molecule has 0 saturated carbocycles. The summed E-state index contributed by atoms with van der Waals surface area (Å²) in [5, 5.41) is 2.88. The monoisotopic (exact) mass is 397 g/mol. The van der Waals surface area contributed by atoms with E-state index < -0.39 is 0 Å². The molecule has 0 saturated heterocycles. The third-order valence-corrected chi connectivity index (χ3v) is 4.52. The molecule has 0 unspecified atom stereocenters. The SMILES string of the molecule is CN(C)CCN1C(=O)COc2cc(NC(=O)CCCOc3ccccc3)ccc21. The molecule has 0 atom stereocenters. The van der Waals surface area contributed by atoms with Gasteiger partial charge in [0.2, 0.25) is 5.91 Å². The van der Waals surface area contributed by atoms with E-state index in [2.05, 4.69) is 5.32 Å². The standard InChI is InChI=1S/C22H27N3O4/c1-24(2)12-13-25-19-11-10-17(15-20(19)29-16-22(25)27)23-21(26)9-6-14-28-18-7-4-3-5-8-18/h3-5,7-8,10-11,15H,6,9,12-14,16H2,1-2H3,(H,23,26). The summed E-state index contributed by atoms with van der Waals surface area (Å²) < 4.78 is 11.2. The first-order valence-electron chi connectivity index (χ1n) is 9.72. The summed E-state index contributed by atoms with van der Waals surface area (Å²) in [6.07, 6.45) is 0.979. The van der Waals surface area contributed by atoms with Gasteiger partial charge in [0.15, 0.2) is 6.61 Å². The number of nitrogens with one attached hydrogen (secondary N) is 1. The van der Waals surface area contributed by atoms with Gasteiger partial charge in [-0.15, -0.1) is 0 Å². The molecule has 1 N–H and O–H groups in total. The predicted molar refractivity (Wildman–Crippen MR) is 113 cm³/mol. The van der Waals surface area contributed by atoms with Crippen LogP contribution >= 0.6 is 0 Å². The number of carbonyl (C=O) groups excluding carboxylic acids is 2. The molecule has 0 radical (unpaired) electrons. The number of rotatable bonds is 9. The van der Waals surface area contributed by atoms with Crippen molar-refractivity contribution in [3.8, 4) is 11.5 Å². The third kappa shape index (κ3) is 5.96. The maximum Gasteiger partial charge on any atom is 0.265 e. The number of anilines is 2. The molecule has 7 heteroatoms. The van der Waals surface area contributed by atoms with Crippen molar-refractivity contribution in [1.82, 2.24) is 4.90 Å². The second-order valence-corrected chi connectivity index (χ2v) is 7.13. The molecule has 0 bridgehead atoms. The highest BCUT2D eigenvalue weighted by atomic mass is 16.5. The van der Waals surface area contributed by atoms with Crippen LogP contribution in [0.3, 0.4) is 0 Å². The molecular formula is C22H27N3O4. The topological polar surface area (TPSA) is 71.1 Å². The highest BCUT2D eigenvalue weighted by Gasteiger charge is 2.25. The Hall–Kier alpha value is -3.06. The van der Waals surface area contributed by atoms with Gasteiger partial charge in [-0.05, 0) is 44.8 Å². The summed E-state index contributed by atoms with van der Waals surface area (Å²) in [6.45, 7) is 1.84. The van der Waals surface area contributed by atoms with E-state index in [4.69, 9.17) is 9.47 Å². The molecule has 1 aliphatic heterocycles. The minimum Gasteiger partial charge on any atom is -0.494 e. The normalized spacial score (nSPS) is 13.1. The molecular weight excluding hydrogens is 370 g/mol. The summed E-state index contributed by atoms with van der Waals surface area (Å²) in [7, 11) is 3.94. The summed E-state index contributed by atoms with van der Waals surface area (Å²) in [6, 6.07) is 14.9. The summed E-state index contributed by atoms with van der Waals surface area (Å²) in [4.78, 5) is 28.1. The lowest BCUT2D eigenvalue weighted by Gasteiger charge is -2.30. The number of likely N-dealkylation sites (N-methyl/N-ethyl adjacent to an activating group) is 1. The van der Waals surface area contributed by atoms with E-state index in [9.17, 15) is 9.59 Å². The Morgan fingerprint density at radius 2 is 2.00 bits per heavy atom. The smallest absolute Gasteiger partial charge is 0.265 e. The molecule has 29 heavy (non-hydrogen) atoms. The first-order chi connectivity index (χ1) is 14.0. The van der Waals surface area contributed by atoms with E-state index in [0.29, 0.717) is 37.4 Å². The van der Waals surface area contributed by atoms with Crippen LogP contribution in [0.4, 0.5) is 11.4 Å². The van der Waals surface area contributed by atoms with Crippen molar-refractivity contribution in [2.45, 2.75) is 12.8 Å². The molecule has 0 aliphatic carbocycles. The molecule has 1 heterocycles. The van der Waals surface area contributed by atoms with Crippen molar-refractivity contribution < 1.29 is 19.1 Å². The van der Waals surface area contributed by atoms with E-state index >= 15 is 0 Å². The highest BCUT2D eigenvalue weighted by Crippen LogP contribution is 2.34. The number of nitrogens with zero attached hydrogens (tertiary/aromatic N) is 2. The number of ether oxygens (including phenoxy) is 2. The molecule has 154 valence electrons. The van der Waals surface area contributed by atoms with Crippen LogP contribution in [0.15, 0.2) is 48.5 Å². The Bertz CT molecular complexity index is 839. The molecule has 3 rings (SSSR count). The van der Waals surface area contributed by atoms with Crippen LogP contribution in [0.2, 0.25) is 0 Å². The van der Waals surface area contributed by atoms with E-state index in [1.54, 1.807) is 17.0 Å². The molecule has 1 aliphatic rings.